The van der Waals surface area contributed by atoms with E-state index in [0.717, 1.165) is 24.0 Å². The third-order valence-electron chi connectivity index (χ3n) is 4.38. The summed E-state index contributed by atoms with van der Waals surface area (Å²) >= 11 is 0. The van der Waals surface area contributed by atoms with Gasteiger partial charge in [0.1, 0.15) is 12.4 Å². The number of hydrogen-bond donors (Lipinski definition) is 1. The van der Waals surface area contributed by atoms with Crippen LogP contribution in [0.15, 0.2) is 48.5 Å². The maximum Gasteiger partial charge on any atom is 0.136 e. The lowest BCUT2D eigenvalue weighted by molar-refractivity contribution is 0.267. The van der Waals surface area contributed by atoms with Crippen molar-refractivity contribution in [1.29, 1.82) is 0 Å². The predicted molar refractivity (Wildman–Crippen MR) is 89.9 cm³/mol. The first-order valence-electron chi connectivity index (χ1n) is 7.86. The van der Waals surface area contributed by atoms with Crippen LogP contribution < -0.4 is 0 Å². The van der Waals surface area contributed by atoms with Gasteiger partial charge in [-0.15, -0.1) is 0 Å². The minimum Gasteiger partial charge on any atom is -0.388 e. The van der Waals surface area contributed by atoms with Crippen molar-refractivity contribution in [3.05, 3.63) is 65.5 Å². The van der Waals surface area contributed by atoms with Gasteiger partial charge in [0.25, 0.3) is 0 Å². The third-order valence-corrected chi connectivity index (χ3v) is 4.38. The summed E-state index contributed by atoms with van der Waals surface area (Å²) < 4.78 is 2.09. The van der Waals surface area contributed by atoms with Crippen molar-refractivity contribution < 1.29 is 5.11 Å². The molecule has 22 heavy (non-hydrogen) atoms. The zero-order chi connectivity index (χ0) is 15.5. The maximum absolute atomic E-state index is 9.56. The lowest BCUT2D eigenvalue weighted by Crippen LogP contribution is -2.05. The largest absolute Gasteiger partial charge is 0.388 e. The average Bonchev–Trinajstić information content (AvgIpc) is 2.93. The normalized spacial score (nSPS) is 12.7. The van der Waals surface area contributed by atoms with Crippen LogP contribution in [0.2, 0.25) is 0 Å². The van der Waals surface area contributed by atoms with Crippen LogP contribution in [0.5, 0.6) is 0 Å². The molecular weight excluding hydrogens is 272 g/mol. The van der Waals surface area contributed by atoms with E-state index < -0.39 is 0 Å². The molecule has 3 rings (SSSR count). The van der Waals surface area contributed by atoms with E-state index in [1.165, 1.54) is 11.1 Å². The Kier molecular flexibility index (Phi) is 4.25. The summed E-state index contributed by atoms with van der Waals surface area (Å²) in [6, 6.07) is 16.8. The second kappa shape index (κ2) is 6.32. The van der Waals surface area contributed by atoms with E-state index in [4.69, 9.17) is 0 Å². The van der Waals surface area contributed by atoms with E-state index in [2.05, 4.69) is 53.7 Å². The average molecular weight is 294 g/mol. The third kappa shape index (κ3) is 2.77. The van der Waals surface area contributed by atoms with Crippen LogP contribution in [0.3, 0.4) is 0 Å². The number of fused-ring (bicyclic) bond motifs is 1. The predicted octanol–water partition coefficient (Wildman–Crippen LogP) is 4.09. The summed E-state index contributed by atoms with van der Waals surface area (Å²) in [5.74, 6) is 1.31. The molecule has 0 bridgehead atoms. The fourth-order valence-electron chi connectivity index (χ4n) is 2.79. The Morgan fingerprint density at radius 2 is 1.82 bits per heavy atom. The zero-order valence-corrected chi connectivity index (χ0v) is 13.2. The molecule has 3 aromatic rings. The van der Waals surface area contributed by atoms with Crippen LogP contribution in [-0.2, 0) is 13.2 Å². The topological polar surface area (TPSA) is 38.0 Å². The Bertz CT molecular complexity index is 759. The van der Waals surface area contributed by atoms with Gasteiger partial charge >= 0.3 is 0 Å². The number of rotatable bonds is 5. The highest BCUT2D eigenvalue weighted by atomic mass is 16.3. The van der Waals surface area contributed by atoms with Crippen LogP contribution in [0.4, 0.5) is 0 Å². The molecule has 114 valence electrons. The van der Waals surface area contributed by atoms with Gasteiger partial charge in [-0.25, -0.2) is 4.98 Å². The van der Waals surface area contributed by atoms with Crippen molar-refractivity contribution in [2.75, 3.05) is 0 Å². The summed E-state index contributed by atoms with van der Waals surface area (Å²) in [6.45, 7) is 5.16. The summed E-state index contributed by atoms with van der Waals surface area (Å²) in [4.78, 5) is 4.50. The van der Waals surface area contributed by atoms with Crippen molar-refractivity contribution in [1.82, 2.24) is 9.55 Å². The molecule has 0 radical (unpaired) electrons. The van der Waals surface area contributed by atoms with E-state index in [1.54, 1.807) is 0 Å². The van der Waals surface area contributed by atoms with Crippen LogP contribution in [0, 0.1) is 0 Å². The molecule has 1 aromatic heterocycles. The Labute approximate surface area is 131 Å². The summed E-state index contributed by atoms with van der Waals surface area (Å²) in [7, 11) is 0. The summed E-state index contributed by atoms with van der Waals surface area (Å²) in [5, 5.41) is 9.56. The molecule has 0 spiro atoms. The Balaban J connectivity index is 1.92. The summed E-state index contributed by atoms with van der Waals surface area (Å²) in [6.07, 6.45) is 1.15. The van der Waals surface area contributed by atoms with Gasteiger partial charge in [0.15, 0.2) is 0 Å². The summed E-state index contributed by atoms with van der Waals surface area (Å²) in [5.41, 5.74) is 4.61. The molecule has 2 aromatic carbocycles. The number of aliphatic hydroxyl groups excluding tert-OH is 1. The molecule has 1 heterocycles. The van der Waals surface area contributed by atoms with Crippen molar-refractivity contribution in [3.63, 3.8) is 0 Å². The number of imidazole rings is 1. The standard InChI is InChI=1S/C19H22N2O/c1-3-14(2)16-10-8-15(9-11-16)12-21-18-7-5-4-6-17(18)20-19(21)13-22/h4-11,14,22H,3,12-13H2,1-2H3/t14-/m1/s1. The molecule has 0 aliphatic carbocycles. The van der Waals surface area contributed by atoms with Crippen LogP contribution in [0.1, 0.15) is 43.1 Å². The maximum atomic E-state index is 9.56. The van der Waals surface area contributed by atoms with Gasteiger partial charge in [0.2, 0.25) is 0 Å². The molecule has 3 heteroatoms. The SMILES string of the molecule is CC[C@@H](C)c1ccc(Cn2c(CO)nc3ccccc32)cc1. The minimum absolute atomic E-state index is 0.0420. The first-order chi connectivity index (χ1) is 10.7. The second-order valence-electron chi connectivity index (χ2n) is 5.81. The van der Waals surface area contributed by atoms with Crippen LogP contribution in [-0.4, -0.2) is 14.7 Å². The Hall–Kier alpha value is -2.13. The van der Waals surface area contributed by atoms with Gasteiger partial charge in [-0.2, -0.15) is 0 Å². The van der Waals surface area contributed by atoms with Gasteiger partial charge in [-0.3, -0.25) is 0 Å². The highest BCUT2D eigenvalue weighted by Crippen LogP contribution is 2.21. The molecule has 1 N–H and O–H groups in total. The number of hydrogen-bond acceptors (Lipinski definition) is 2. The highest BCUT2D eigenvalue weighted by Gasteiger charge is 2.10. The molecule has 0 aliphatic rings. The van der Waals surface area contributed by atoms with Crippen LogP contribution in [0.25, 0.3) is 11.0 Å². The minimum atomic E-state index is -0.0420. The van der Waals surface area contributed by atoms with Crippen molar-refractivity contribution >= 4 is 11.0 Å². The molecule has 0 unspecified atom stereocenters. The lowest BCUT2D eigenvalue weighted by Gasteiger charge is -2.11. The number of aromatic nitrogens is 2. The van der Waals surface area contributed by atoms with Gasteiger partial charge < -0.3 is 9.67 Å². The van der Waals surface area contributed by atoms with Gasteiger partial charge in [0, 0.05) is 6.54 Å². The van der Waals surface area contributed by atoms with Crippen molar-refractivity contribution in [2.45, 2.75) is 39.3 Å². The Morgan fingerprint density at radius 3 is 2.50 bits per heavy atom. The van der Waals surface area contributed by atoms with Gasteiger partial charge in [-0.05, 0) is 35.6 Å². The fourth-order valence-corrected chi connectivity index (χ4v) is 2.79. The van der Waals surface area contributed by atoms with Crippen molar-refractivity contribution in [3.8, 4) is 0 Å². The van der Waals surface area contributed by atoms with E-state index in [-0.39, 0.29) is 6.61 Å². The van der Waals surface area contributed by atoms with Crippen LogP contribution >= 0.6 is 0 Å². The molecule has 0 saturated heterocycles. The zero-order valence-electron chi connectivity index (χ0n) is 13.2. The van der Waals surface area contributed by atoms with E-state index in [0.29, 0.717) is 11.7 Å². The number of benzene rings is 2. The molecule has 3 nitrogen and oxygen atoms in total. The quantitative estimate of drug-likeness (QED) is 0.769. The van der Waals surface area contributed by atoms with E-state index in [9.17, 15) is 5.11 Å². The lowest BCUT2D eigenvalue weighted by atomic mass is 9.98. The first-order valence-corrected chi connectivity index (χ1v) is 7.86. The number of aliphatic hydroxyl groups is 1. The number of para-hydroxylation sites is 2. The Morgan fingerprint density at radius 1 is 1.09 bits per heavy atom. The molecule has 0 saturated carbocycles. The molecule has 1 atom stereocenters. The fraction of sp³-hybridized carbons (Fsp3) is 0.316. The first kappa shape index (κ1) is 14.8. The van der Waals surface area contributed by atoms with Gasteiger partial charge in [-0.1, -0.05) is 50.2 Å². The monoisotopic (exact) mass is 294 g/mol. The highest BCUT2D eigenvalue weighted by molar-refractivity contribution is 5.76. The molecule has 0 amide bonds. The second-order valence-corrected chi connectivity index (χ2v) is 5.81. The van der Waals surface area contributed by atoms with E-state index in [1.807, 2.05) is 18.2 Å². The number of nitrogens with zero attached hydrogens (tertiary/aromatic N) is 2. The molecular formula is C19H22N2O. The smallest absolute Gasteiger partial charge is 0.136 e. The van der Waals surface area contributed by atoms with E-state index >= 15 is 0 Å². The van der Waals surface area contributed by atoms with Gasteiger partial charge in [0.05, 0.1) is 11.0 Å². The van der Waals surface area contributed by atoms with Crippen molar-refractivity contribution in [2.24, 2.45) is 0 Å². The molecule has 0 fully saturated rings. The molecule has 0 aliphatic heterocycles.